The van der Waals surface area contributed by atoms with E-state index < -0.39 is 40.1 Å². The monoisotopic (exact) mass is 401 g/mol. The summed E-state index contributed by atoms with van der Waals surface area (Å²) in [6, 6.07) is 0. The lowest BCUT2D eigenvalue weighted by atomic mass is 10.1. The van der Waals surface area contributed by atoms with Crippen molar-refractivity contribution in [2.75, 3.05) is 17.7 Å². The summed E-state index contributed by atoms with van der Waals surface area (Å²) in [6.07, 6.45) is -0.523. The van der Waals surface area contributed by atoms with Gasteiger partial charge >= 0.3 is 5.69 Å². The molecule has 3 heterocycles. The number of imidazole rings is 1. The van der Waals surface area contributed by atoms with Crippen molar-refractivity contribution in [3.05, 3.63) is 16.7 Å². The van der Waals surface area contributed by atoms with Gasteiger partial charge in [0, 0.05) is 19.2 Å². The second-order valence-corrected chi connectivity index (χ2v) is 8.97. The van der Waals surface area contributed by atoms with E-state index in [1.807, 2.05) is 0 Å². The number of rotatable bonds is 6. The summed E-state index contributed by atoms with van der Waals surface area (Å²) >= 11 is 0. The molecule has 150 valence electrons. The summed E-state index contributed by atoms with van der Waals surface area (Å²) in [7, 11) is -3.31. The van der Waals surface area contributed by atoms with Crippen LogP contribution in [0.15, 0.2) is 11.0 Å². The Balaban J connectivity index is 2.09. The molecule has 0 amide bonds. The first-order chi connectivity index (χ1) is 12.6. The summed E-state index contributed by atoms with van der Waals surface area (Å²) in [6.45, 7) is 1.68. The zero-order valence-corrected chi connectivity index (χ0v) is 15.8. The molecule has 2 aromatic heterocycles. The quantitative estimate of drug-likeness (QED) is 0.530. The van der Waals surface area contributed by atoms with Gasteiger partial charge < -0.3 is 20.7 Å². The van der Waals surface area contributed by atoms with Crippen molar-refractivity contribution in [1.29, 1.82) is 0 Å². The Bertz CT molecular complexity index is 1000. The zero-order chi connectivity index (χ0) is 19.9. The van der Waals surface area contributed by atoms with Gasteiger partial charge in [-0.3, -0.25) is 4.57 Å². The van der Waals surface area contributed by atoms with Crippen LogP contribution in [-0.2, 0) is 21.1 Å². The van der Waals surface area contributed by atoms with Crippen molar-refractivity contribution in [3.63, 3.8) is 0 Å². The van der Waals surface area contributed by atoms with Crippen LogP contribution in [0, 0.1) is 0 Å². The number of nitrogen functional groups attached to an aromatic ring is 1. The number of hydrogen-bond donors (Lipinski definition) is 3. The number of anilines is 1. The number of ether oxygens (including phenoxy) is 1. The Morgan fingerprint density at radius 3 is 2.81 bits per heavy atom. The molecule has 3 rings (SSSR count). The number of aliphatic hydroxyl groups is 2. The number of nitrogens with two attached hydrogens (primary N) is 1. The summed E-state index contributed by atoms with van der Waals surface area (Å²) < 4.78 is 31.1. The van der Waals surface area contributed by atoms with Crippen molar-refractivity contribution in [2.24, 2.45) is 0 Å². The molecule has 1 saturated heterocycles. The highest BCUT2D eigenvalue weighted by Gasteiger charge is 2.40. The molecule has 1 aliphatic heterocycles. The molecule has 2 aromatic rings. The van der Waals surface area contributed by atoms with Gasteiger partial charge in [0.2, 0.25) is 5.95 Å². The molecular weight excluding hydrogens is 378 g/mol. The van der Waals surface area contributed by atoms with E-state index in [1.165, 1.54) is 10.8 Å². The maximum Gasteiger partial charge on any atom is 0.332 e. The number of sulfone groups is 1. The molecule has 0 saturated carbocycles. The first kappa shape index (κ1) is 19.7. The Kier molecular flexibility index (Phi) is 5.25. The lowest BCUT2D eigenvalue weighted by Gasteiger charge is -2.18. The topological polar surface area (TPSA) is 163 Å². The molecule has 1 aliphatic rings. The van der Waals surface area contributed by atoms with Gasteiger partial charge in [-0.05, 0) is 6.42 Å². The van der Waals surface area contributed by atoms with Gasteiger partial charge in [-0.1, -0.05) is 6.92 Å². The van der Waals surface area contributed by atoms with E-state index in [4.69, 9.17) is 10.5 Å². The fraction of sp³-hybridized carbons (Fsp3) is 0.667. The van der Waals surface area contributed by atoms with Gasteiger partial charge in [0.25, 0.3) is 0 Å². The Labute approximate surface area is 155 Å². The SMILES string of the molecule is CCC(O)[C@@H]1C[C@@H](O)[C@H](n2c(=O)n(CCS(C)(=O)=O)c3cnc(N)nc32)O1. The molecule has 0 bridgehead atoms. The van der Waals surface area contributed by atoms with Crippen molar-refractivity contribution in [3.8, 4) is 0 Å². The summed E-state index contributed by atoms with van der Waals surface area (Å²) in [5.74, 6) is -0.323. The Morgan fingerprint density at radius 2 is 2.19 bits per heavy atom. The average Bonchev–Trinajstić information content (AvgIpc) is 3.08. The van der Waals surface area contributed by atoms with E-state index in [0.717, 1.165) is 10.8 Å². The predicted molar refractivity (Wildman–Crippen MR) is 96.7 cm³/mol. The molecule has 0 aliphatic carbocycles. The third-order valence-corrected chi connectivity index (χ3v) is 5.55. The first-order valence-electron chi connectivity index (χ1n) is 8.55. The molecule has 11 nitrogen and oxygen atoms in total. The predicted octanol–water partition coefficient (Wildman–Crippen LogP) is -1.36. The van der Waals surface area contributed by atoms with Gasteiger partial charge in [0.15, 0.2) is 11.9 Å². The lowest BCUT2D eigenvalue weighted by molar-refractivity contribution is -0.0759. The van der Waals surface area contributed by atoms with Crippen LogP contribution in [-0.4, -0.2) is 68.1 Å². The molecule has 4 atom stereocenters. The highest BCUT2D eigenvalue weighted by atomic mass is 32.2. The van der Waals surface area contributed by atoms with Crippen LogP contribution in [0.3, 0.4) is 0 Å². The van der Waals surface area contributed by atoms with Crippen LogP contribution in [0.4, 0.5) is 5.95 Å². The molecule has 1 unspecified atom stereocenters. The minimum atomic E-state index is -3.31. The second kappa shape index (κ2) is 7.19. The number of fused-ring (bicyclic) bond motifs is 1. The molecule has 27 heavy (non-hydrogen) atoms. The van der Waals surface area contributed by atoms with Crippen LogP contribution in [0.1, 0.15) is 26.0 Å². The van der Waals surface area contributed by atoms with Gasteiger partial charge in [-0.25, -0.2) is 22.8 Å². The van der Waals surface area contributed by atoms with E-state index in [2.05, 4.69) is 9.97 Å². The minimum absolute atomic E-state index is 0.0749. The summed E-state index contributed by atoms with van der Waals surface area (Å²) in [4.78, 5) is 20.9. The Morgan fingerprint density at radius 1 is 1.48 bits per heavy atom. The molecule has 0 aromatic carbocycles. The lowest BCUT2D eigenvalue weighted by Crippen LogP contribution is -2.33. The maximum absolute atomic E-state index is 13.0. The highest BCUT2D eigenvalue weighted by molar-refractivity contribution is 7.90. The first-order valence-corrected chi connectivity index (χ1v) is 10.6. The van der Waals surface area contributed by atoms with E-state index in [1.54, 1.807) is 6.92 Å². The van der Waals surface area contributed by atoms with E-state index in [-0.39, 0.29) is 35.8 Å². The largest absolute Gasteiger partial charge is 0.390 e. The fourth-order valence-corrected chi connectivity index (χ4v) is 3.71. The standard InChI is InChI=1S/C15H23N5O6S/c1-3-9(21)11-6-10(22)13(26-11)20-12-8(7-17-14(16)18-12)19(15(20)23)4-5-27(2,24)25/h7,9-11,13,21-22H,3-6H2,1-2H3,(H2,16,17,18)/t9?,10-,11+,13-/m1/s1. The van der Waals surface area contributed by atoms with E-state index in [9.17, 15) is 23.4 Å². The third kappa shape index (κ3) is 3.83. The molecule has 0 radical (unpaired) electrons. The highest BCUT2D eigenvalue weighted by Crippen LogP contribution is 2.32. The molecule has 0 spiro atoms. The van der Waals surface area contributed by atoms with E-state index >= 15 is 0 Å². The number of nitrogens with zero attached hydrogens (tertiary/aromatic N) is 4. The van der Waals surface area contributed by atoms with Crippen LogP contribution in [0.25, 0.3) is 11.2 Å². The number of aryl methyl sites for hydroxylation is 1. The van der Waals surface area contributed by atoms with Crippen LogP contribution in [0.2, 0.25) is 0 Å². The number of hydrogen-bond acceptors (Lipinski definition) is 9. The smallest absolute Gasteiger partial charge is 0.332 e. The molecule has 1 fully saturated rings. The molecule has 12 heteroatoms. The van der Waals surface area contributed by atoms with Gasteiger partial charge in [-0.15, -0.1) is 0 Å². The fourth-order valence-electron chi connectivity index (χ4n) is 3.20. The van der Waals surface area contributed by atoms with Gasteiger partial charge in [0.1, 0.15) is 21.5 Å². The Hall–Kier alpha value is -2.02. The maximum atomic E-state index is 13.0. The van der Waals surface area contributed by atoms with Crippen LogP contribution >= 0.6 is 0 Å². The van der Waals surface area contributed by atoms with Crippen molar-refractivity contribution in [2.45, 2.75) is 50.8 Å². The average molecular weight is 401 g/mol. The number of aromatic nitrogens is 4. The minimum Gasteiger partial charge on any atom is -0.390 e. The third-order valence-electron chi connectivity index (χ3n) is 4.63. The number of aliphatic hydroxyl groups excluding tert-OH is 2. The van der Waals surface area contributed by atoms with Crippen LogP contribution < -0.4 is 11.4 Å². The van der Waals surface area contributed by atoms with E-state index in [0.29, 0.717) is 6.42 Å². The van der Waals surface area contributed by atoms with Crippen molar-refractivity contribution < 1.29 is 23.4 Å². The van der Waals surface area contributed by atoms with Crippen LogP contribution in [0.5, 0.6) is 0 Å². The zero-order valence-electron chi connectivity index (χ0n) is 15.0. The normalized spacial score (nSPS) is 24.5. The second-order valence-electron chi connectivity index (χ2n) is 6.71. The summed E-state index contributed by atoms with van der Waals surface area (Å²) in [5, 5.41) is 20.4. The van der Waals surface area contributed by atoms with Gasteiger partial charge in [0.05, 0.1) is 24.2 Å². The molecular formula is C15H23N5O6S. The van der Waals surface area contributed by atoms with Crippen molar-refractivity contribution >= 4 is 26.9 Å². The molecule has 4 N–H and O–H groups in total. The summed E-state index contributed by atoms with van der Waals surface area (Å²) in [5.41, 5.74) is 5.47. The van der Waals surface area contributed by atoms with Crippen molar-refractivity contribution in [1.82, 2.24) is 19.1 Å². The van der Waals surface area contributed by atoms with Gasteiger partial charge in [-0.2, -0.15) is 4.98 Å².